The zero-order chi connectivity index (χ0) is 16.4. The van der Waals surface area contributed by atoms with Crippen molar-refractivity contribution in [2.45, 2.75) is 103 Å². The summed E-state index contributed by atoms with van der Waals surface area (Å²) in [6.07, 6.45) is 8.06. The molecule has 0 aliphatic heterocycles. The average molecular weight is 310 g/mol. The molecule has 2 saturated carbocycles. The van der Waals surface area contributed by atoms with Crippen molar-refractivity contribution in [3.8, 4) is 0 Å². The lowest BCUT2D eigenvalue weighted by atomic mass is 9.89. The van der Waals surface area contributed by atoms with Crippen molar-refractivity contribution < 1.29 is 9.53 Å². The van der Waals surface area contributed by atoms with Crippen LogP contribution in [0.4, 0.5) is 4.79 Å². The highest BCUT2D eigenvalue weighted by molar-refractivity contribution is 5.68. The minimum Gasteiger partial charge on any atom is -0.444 e. The summed E-state index contributed by atoms with van der Waals surface area (Å²) in [7, 11) is 0. The fourth-order valence-electron chi connectivity index (χ4n) is 3.79. The van der Waals surface area contributed by atoms with Gasteiger partial charge < -0.3 is 15.4 Å². The molecule has 2 aliphatic carbocycles. The fraction of sp³-hybridized carbons (Fsp3) is 0.944. The van der Waals surface area contributed by atoms with Crippen LogP contribution < -0.4 is 10.6 Å². The quantitative estimate of drug-likeness (QED) is 0.828. The maximum Gasteiger partial charge on any atom is 0.407 e. The number of carbonyl (C=O) groups is 1. The number of alkyl carbamates (subject to hydrolysis) is 1. The molecule has 1 unspecified atom stereocenters. The molecule has 0 aromatic rings. The molecule has 0 heterocycles. The third kappa shape index (κ3) is 5.79. The molecule has 2 fully saturated rings. The lowest BCUT2D eigenvalue weighted by molar-refractivity contribution is 0.0489. The lowest BCUT2D eigenvalue weighted by Gasteiger charge is -2.32. The van der Waals surface area contributed by atoms with Gasteiger partial charge in [-0.25, -0.2) is 4.79 Å². The topological polar surface area (TPSA) is 50.4 Å². The molecule has 1 amide bonds. The Morgan fingerprint density at radius 1 is 1.00 bits per heavy atom. The van der Waals surface area contributed by atoms with Crippen LogP contribution in [0.25, 0.3) is 0 Å². The predicted molar refractivity (Wildman–Crippen MR) is 90.0 cm³/mol. The van der Waals surface area contributed by atoms with Crippen LogP contribution in [0.15, 0.2) is 0 Å². The van der Waals surface area contributed by atoms with Gasteiger partial charge in [0.25, 0.3) is 0 Å². The standard InChI is InChI=1S/C18H34N2O2/c1-17(2,3)22-16(21)20-14-8-6-13(7-9-14)19-15-10-11-18(4,5)12-15/h13-15,19H,6-12H2,1-5H3,(H,20,21). The zero-order valence-corrected chi connectivity index (χ0v) is 15.0. The summed E-state index contributed by atoms with van der Waals surface area (Å²) >= 11 is 0. The van der Waals surface area contributed by atoms with Crippen molar-refractivity contribution in [1.29, 1.82) is 0 Å². The summed E-state index contributed by atoms with van der Waals surface area (Å²) in [5.41, 5.74) is 0.0885. The second-order valence-corrected chi connectivity index (χ2v) is 8.97. The number of nitrogens with one attached hydrogen (secondary N) is 2. The summed E-state index contributed by atoms with van der Waals surface area (Å²) in [5, 5.41) is 6.86. The van der Waals surface area contributed by atoms with Crippen molar-refractivity contribution >= 4 is 6.09 Å². The van der Waals surface area contributed by atoms with E-state index >= 15 is 0 Å². The first-order valence-electron chi connectivity index (χ1n) is 8.88. The van der Waals surface area contributed by atoms with Gasteiger partial charge in [-0.2, -0.15) is 0 Å². The average Bonchev–Trinajstić information content (AvgIpc) is 2.69. The highest BCUT2D eigenvalue weighted by Gasteiger charge is 2.33. The Kier molecular flexibility index (Phi) is 5.41. The SMILES string of the molecule is CC1(C)CCC(NC2CCC(NC(=O)OC(C)(C)C)CC2)C1. The van der Waals surface area contributed by atoms with E-state index in [1.54, 1.807) is 0 Å². The Morgan fingerprint density at radius 2 is 1.59 bits per heavy atom. The first-order valence-corrected chi connectivity index (χ1v) is 8.88. The normalized spacial score (nSPS) is 31.8. The van der Waals surface area contributed by atoms with Gasteiger partial charge in [0.05, 0.1) is 0 Å². The largest absolute Gasteiger partial charge is 0.444 e. The van der Waals surface area contributed by atoms with E-state index in [9.17, 15) is 4.79 Å². The minimum atomic E-state index is -0.419. The zero-order valence-electron chi connectivity index (χ0n) is 15.0. The predicted octanol–water partition coefficient (Wildman–Crippen LogP) is 3.99. The molecule has 22 heavy (non-hydrogen) atoms. The van der Waals surface area contributed by atoms with Crippen LogP contribution in [0.3, 0.4) is 0 Å². The second-order valence-electron chi connectivity index (χ2n) is 8.97. The second kappa shape index (κ2) is 6.77. The summed E-state index contributed by atoms with van der Waals surface area (Å²) in [6, 6.07) is 1.58. The van der Waals surface area contributed by atoms with Crippen molar-refractivity contribution in [3.63, 3.8) is 0 Å². The van der Waals surface area contributed by atoms with Gasteiger partial charge in [0, 0.05) is 18.1 Å². The van der Waals surface area contributed by atoms with Crippen LogP contribution in [-0.4, -0.2) is 29.8 Å². The van der Waals surface area contributed by atoms with Gasteiger partial charge in [0.2, 0.25) is 0 Å². The molecule has 0 bridgehead atoms. The van der Waals surface area contributed by atoms with E-state index in [0.29, 0.717) is 17.5 Å². The van der Waals surface area contributed by atoms with E-state index in [4.69, 9.17) is 4.74 Å². The Morgan fingerprint density at radius 3 is 2.09 bits per heavy atom. The molecule has 2 rings (SSSR count). The molecule has 0 aromatic carbocycles. The molecule has 2 aliphatic rings. The van der Waals surface area contributed by atoms with Crippen molar-refractivity contribution in [3.05, 3.63) is 0 Å². The van der Waals surface area contributed by atoms with Crippen LogP contribution in [0.2, 0.25) is 0 Å². The van der Waals surface area contributed by atoms with Gasteiger partial charge in [-0.15, -0.1) is 0 Å². The molecule has 4 nitrogen and oxygen atoms in total. The van der Waals surface area contributed by atoms with Gasteiger partial charge in [0.15, 0.2) is 0 Å². The molecule has 0 radical (unpaired) electrons. The maximum atomic E-state index is 11.8. The molecular weight excluding hydrogens is 276 g/mol. The number of rotatable bonds is 3. The van der Waals surface area contributed by atoms with Crippen molar-refractivity contribution in [2.75, 3.05) is 0 Å². The van der Waals surface area contributed by atoms with Crippen LogP contribution in [-0.2, 0) is 4.74 Å². The Bertz CT molecular complexity index is 379. The molecule has 0 saturated heterocycles. The molecule has 1 atom stereocenters. The summed E-state index contributed by atoms with van der Waals surface area (Å²) in [5.74, 6) is 0. The van der Waals surface area contributed by atoms with Crippen LogP contribution in [0.5, 0.6) is 0 Å². The van der Waals surface area contributed by atoms with Crippen LogP contribution in [0, 0.1) is 5.41 Å². The Labute approximate surface area is 135 Å². The highest BCUT2D eigenvalue weighted by atomic mass is 16.6. The molecule has 4 heteroatoms. The van der Waals surface area contributed by atoms with Crippen LogP contribution in [0.1, 0.15) is 79.6 Å². The fourth-order valence-corrected chi connectivity index (χ4v) is 3.79. The van der Waals surface area contributed by atoms with Crippen molar-refractivity contribution in [1.82, 2.24) is 10.6 Å². The Hall–Kier alpha value is -0.770. The van der Waals surface area contributed by atoms with E-state index in [0.717, 1.165) is 25.7 Å². The van der Waals surface area contributed by atoms with Gasteiger partial charge in [-0.05, 0) is 71.1 Å². The molecule has 0 aromatic heterocycles. The lowest BCUT2D eigenvalue weighted by Crippen LogP contribution is -2.45. The van der Waals surface area contributed by atoms with Gasteiger partial charge in [0.1, 0.15) is 5.60 Å². The summed E-state index contributed by atoms with van der Waals surface area (Å²) in [6.45, 7) is 10.4. The number of ether oxygens (including phenoxy) is 1. The molecule has 128 valence electrons. The van der Waals surface area contributed by atoms with E-state index < -0.39 is 5.60 Å². The van der Waals surface area contributed by atoms with E-state index in [1.165, 1.54) is 19.3 Å². The number of amides is 1. The first kappa shape index (κ1) is 17.6. The van der Waals surface area contributed by atoms with Gasteiger partial charge in [-0.1, -0.05) is 13.8 Å². The van der Waals surface area contributed by atoms with Crippen LogP contribution >= 0.6 is 0 Å². The number of hydrogen-bond donors (Lipinski definition) is 2. The number of carbonyl (C=O) groups excluding carboxylic acids is 1. The number of hydrogen-bond acceptors (Lipinski definition) is 3. The van der Waals surface area contributed by atoms with Gasteiger partial charge in [-0.3, -0.25) is 0 Å². The molecule has 2 N–H and O–H groups in total. The molecule has 0 spiro atoms. The monoisotopic (exact) mass is 310 g/mol. The van der Waals surface area contributed by atoms with E-state index in [1.807, 2.05) is 20.8 Å². The highest BCUT2D eigenvalue weighted by Crippen LogP contribution is 2.37. The summed E-state index contributed by atoms with van der Waals surface area (Å²) in [4.78, 5) is 11.8. The van der Waals surface area contributed by atoms with Gasteiger partial charge >= 0.3 is 6.09 Å². The minimum absolute atomic E-state index is 0.271. The Balaban J connectivity index is 1.67. The summed E-state index contributed by atoms with van der Waals surface area (Å²) < 4.78 is 5.33. The molecular formula is C18H34N2O2. The maximum absolute atomic E-state index is 11.8. The third-order valence-corrected chi connectivity index (χ3v) is 4.89. The smallest absolute Gasteiger partial charge is 0.407 e. The third-order valence-electron chi connectivity index (χ3n) is 4.89. The first-order chi connectivity index (χ1) is 10.1. The van der Waals surface area contributed by atoms with Crippen molar-refractivity contribution in [2.24, 2.45) is 5.41 Å². The van der Waals surface area contributed by atoms with E-state index in [-0.39, 0.29) is 12.1 Å². The van der Waals surface area contributed by atoms with E-state index in [2.05, 4.69) is 24.5 Å².